The second-order valence-corrected chi connectivity index (χ2v) is 5.16. The Morgan fingerprint density at radius 1 is 1.59 bits per heavy atom. The number of aromatic nitrogens is 4. The molecule has 1 atom stereocenters. The number of halogens is 1. The molecule has 0 bridgehead atoms. The van der Waals surface area contributed by atoms with Crippen LogP contribution in [-0.2, 0) is 7.05 Å². The summed E-state index contributed by atoms with van der Waals surface area (Å²) in [4.78, 5) is 4.37. The average Bonchev–Trinajstić information content (AvgIpc) is 2.93. The SMILES string of the molecule is CCCNC(c1cscn1)c1c(Br)nnn1C. The van der Waals surface area contributed by atoms with Gasteiger partial charge in [0.05, 0.1) is 22.9 Å². The van der Waals surface area contributed by atoms with E-state index in [9.17, 15) is 0 Å². The molecular formula is C10H14BrN5S. The summed E-state index contributed by atoms with van der Waals surface area (Å²) in [5, 5.41) is 13.5. The van der Waals surface area contributed by atoms with Gasteiger partial charge in [-0.3, -0.25) is 0 Å². The van der Waals surface area contributed by atoms with E-state index in [0.29, 0.717) is 0 Å². The normalized spacial score (nSPS) is 12.9. The number of nitrogens with one attached hydrogen (secondary N) is 1. The molecule has 2 heterocycles. The van der Waals surface area contributed by atoms with Crippen LogP contribution in [0.5, 0.6) is 0 Å². The predicted molar refractivity (Wildman–Crippen MR) is 71.0 cm³/mol. The number of thiazole rings is 1. The highest BCUT2D eigenvalue weighted by atomic mass is 79.9. The van der Waals surface area contributed by atoms with E-state index < -0.39 is 0 Å². The van der Waals surface area contributed by atoms with Gasteiger partial charge in [0.2, 0.25) is 0 Å². The Labute approximate surface area is 112 Å². The molecular weight excluding hydrogens is 302 g/mol. The van der Waals surface area contributed by atoms with Gasteiger partial charge in [-0.05, 0) is 28.9 Å². The van der Waals surface area contributed by atoms with Crippen molar-refractivity contribution in [2.24, 2.45) is 7.05 Å². The zero-order valence-corrected chi connectivity index (χ0v) is 12.1. The molecule has 2 aromatic rings. The highest BCUT2D eigenvalue weighted by Gasteiger charge is 2.22. The Bertz CT molecular complexity index is 448. The lowest BCUT2D eigenvalue weighted by Crippen LogP contribution is -2.25. The summed E-state index contributed by atoms with van der Waals surface area (Å²) < 4.78 is 2.54. The summed E-state index contributed by atoms with van der Waals surface area (Å²) in [5.74, 6) is 0. The molecule has 0 fully saturated rings. The molecule has 0 radical (unpaired) electrons. The van der Waals surface area contributed by atoms with Crippen LogP contribution in [-0.4, -0.2) is 26.5 Å². The van der Waals surface area contributed by atoms with Crippen LogP contribution in [0.25, 0.3) is 0 Å². The van der Waals surface area contributed by atoms with Gasteiger partial charge in [0.25, 0.3) is 0 Å². The molecule has 2 aromatic heterocycles. The van der Waals surface area contributed by atoms with Gasteiger partial charge >= 0.3 is 0 Å². The largest absolute Gasteiger partial charge is 0.304 e. The second kappa shape index (κ2) is 5.70. The third-order valence-corrected chi connectivity index (χ3v) is 3.62. The first kappa shape index (κ1) is 12.7. The molecule has 0 amide bonds. The summed E-state index contributed by atoms with van der Waals surface area (Å²) in [6.07, 6.45) is 1.07. The maximum absolute atomic E-state index is 4.37. The van der Waals surface area contributed by atoms with E-state index in [2.05, 4.69) is 43.5 Å². The minimum Gasteiger partial charge on any atom is -0.304 e. The predicted octanol–water partition coefficient (Wildman–Crippen LogP) is 2.12. The van der Waals surface area contributed by atoms with Crippen LogP contribution >= 0.6 is 27.3 Å². The van der Waals surface area contributed by atoms with Gasteiger partial charge in [0.1, 0.15) is 0 Å². The summed E-state index contributed by atoms with van der Waals surface area (Å²) in [6, 6.07) is 0.0376. The van der Waals surface area contributed by atoms with E-state index in [1.807, 2.05) is 17.9 Å². The molecule has 92 valence electrons. The van der Waals surface area contributed by atoms with Crippen molar-refractivity contribution in [2.45, 2.75) is 19.4 Å². The van der Waals surface area contributed by atoms with Crippen LogP contribution in [0.1, 0.15) is 30.8 Å². The molecule has 0 aliphatic heterocycles. The van der Waals surface area contributed by atoms with Crippen LogP contribution in [0.2, 0.25) is 0 Å². The third kappa shape index (κ3) is 2.72. The van der Waals surface area contributed by atoms with Crippen LogP contribution in [0.4, 0.5) is 0 Å². The molecule has 1 unspecified atom stereocenters. The number of hydrogen-bond donors (Lipinski definition) is 1. The van der Waals surface area contributed by atoms with Crippen molar-refractivity contribution in [1.82, 2.24) is 25.3 Å². The summed E-state index contributed by atoms with van der Waals surface area (Å²) in [7, 11) is 1.89. The minimum absolute atomic E-state index is 0.0376. The average molecular weight is 316 g/mol. The van der Waals surface area contributed by atoms with E-state index in [1.54, 1.807) is 16.0 Å². The molecule has 0 saturated heterocycles. The highest BCUT2D eigenvalue weighted by molar-refractivity contribution is 9.10. The smallest absolute Gasteiger partial charge is 0.153 e. The van der Waals surface area contributed by atoms with Crippen molar-refractivity contribution >= 4 is 27.3 Å². The molecule has 0 spiro atoms. The fourth-order valence-corrected chi connectivity index (χ4v) is 2.78. The van der Waals surface area contributed by atoms with Gasteiger partial charge in [-0.1, -0.05) is 12.1 Å². The minimum atomic E-state index is 0.0376. The zero-order chi connectivity index (χ0) is 12.3. The third-order valence-electron chi connectivity index (χ3n) is 2.45. The van der Waals surface area contributed by atoms with Crippen molar-refractivity contribution in [3.63, 3.8) is 0 Å². The van der Waals surface area contributed by atoms with E-state index in [-0.39, 0.29) is 6.04 Å². The highest BCUT2D eigenvalue weighted by Crippen LogP contribution is 2.26. The van der Waals surface area contributed by atoms with Crippen molar-refractivity contribution < 1.29 is 0 Å². The Morgan fingerprint density at radius 2 is 2.41 bits per heavy atom. The summed E-state index contributed by atoms with van der Waals surface area (Å²) in [6.45, 7) is 3.07. The Kier molecular flexibility index (Phi) is 4.25. The maximum Gasteiger partial charge on any atom is 0.153 e. The zero-order valence-electron chi connectivity index (χ0n) is 9.72. The molecule has 1 N–H and O–H groups in total. The van der Waals surface area contributed by atoms with Gasteiger partial charge < -0.3 is 5.32 Å². The standard InChI is InChI=1S/C10H14BrN5S/c1-3-4-12-8(7-5-17-6-13-7)9-10(11)14-15-16(9)2/h5-6,8,12H,3-4H2,1-2H3. The lowest BCUT2D eigenvalue weighted by molar-refractivity contribution is 0.542. The quantitative estimate of drug-likeness (QED) is 0.918. The van der Waals surface area contributed by atoms with E-state index in [0.717, 1.165) is 29.0 Å². The van der Waals surface area contributed by atoms with Crippen molar-refractivity contribution in [3.05, 3.63) is 26.9 Å². The lowest BCUT2D eigenvalue weighted by Gasteiger charge is -2.16. The number of nitrogens with zero attached hydrogens (tertiary/aromatic N) is 4. The van der Waals surface area contributed by atoms with Crippen molar-refractivity contribution in [2.75, 3.05) is 6.54 Å². The number of rotatable bonds is 5. The maximum atomic E-state index is 4.37. The molecule has 0 aliphatic carbocycles. The molecule has 7 heteroatoms. The Morgan fingerprint density at radius 3 is 2.94 bits per heavy atom. The fourth-order valence-electron chi connectivity index (χ4n) is 1.64. The van der Waals surface area contributed by atoms with Gasteiger partial charge in [0.15, 0.2) is 4.60 Å². The first-order valence-corrected chi connectivity index (χ1v) is 7.14. The van der Waals surface area contributed by atoms with Gasteiger partial charge in [0, 0.05) is 12.4 Å². The molecule has 5 nitrogen and oxygen atoms in total. The first-order valence-electron chi connectivity index (χ1n) is 5.40. The summed E-state index contributed by atoms with van der Waals surface area (Å²) >= 11 is 5.03. The van der Waals surface area contributed by atoms with Crippen molar-refractivity contribution in [1.29, 1.82) is 0 Å². The van der Waals surface area contributed by atoms with Gasteiger partial charge in [-0.15, -0.1) is 16.4 Å². The molecule has 0 aliphatic rings. The van der Waals surface area contributed by atoms with Crippen LogP contribution in [0.3, 0.4) is 0 Å². The topological polar surface area (TPSA) is 55.6 Å². The monoisotopic (exact) mass is 315 g/mol. The number of aryl methyl sites for hydroxylation is 1. The van der Waals surface area contributed by atoms with Crippen molar-refractivity contribution in [3.8, 4) is 0 Å². The van der Waals surface area contributed by atoms with Crippen LogP contribution in [0, 0.1) is 0 Å². The van der Waals surface area contributed by atoms with E-state index in [4.69, 9.17) is 0 Å². The van der Waals surface area contributed by atoms with Crippen LogP contribution in [0.15, 0.2) is 15.5 Å². The first-order chi connectivity index (χ1) is 8.24. The fraction of sp³-hybridized carbons (Fsp3) is 0.500. The lowest BCUT2D eigenvalue weighted by atomic mass is 10.1. The molecule has 2 rings (SSSR count). The van der Waals surface area contributed by atoms with Crippen LogP contribution < -0.4 is 5.32 Å². The summed E-state index contributed by atoms with van der Waals surface area (Å²) in [5.41, 5.74) is 3.85. The molecule has 0 aromatic carbocycles. The molecule has 17 heavy (non-hydrogen) atoms. The van der Waals surface area contributed by atoms with E-state index in [1.165, 1.54) is 0 Å². The van der Waals surface area contributed by atoms with Gasteiger partial charge in [-0.2, -0.15) is 0 Å². The number of hydrogen-bond acceptors (Lipinski definition) is 5. The van der Waals surface area contributed by atoms with Gasteiger partial charge in [-0.25, -0.2) is 9.67 Å². The van der Waals surface area contributed by atoms with E-state index >= 15 is 0 Å². The molecule has 0 saturated carbocycles. The Balaban J connectivity index is 2.33. The second-order valence-electron chi connectivity index (χ2n) is 3.69. The Hall–Kier alpha value is -0.790.